The number of hydrogen-bond acceptors (Lipinski definition) is 4. The third-order valence-electron chi connectivity index (χ3n) is 4.94. The van der Waals surface area contributed by atoms with Crippen molar-refractivity contribution in [2.45, 2.75) is 18.9 Å². The lowest BCUT2D eigenvalue weighted by molar-refractivity contribution is -0.123. The maximum absolute atomic E-state index is 13.5. The summed E-state index contributed by atoms with van der Waals surface area (Å²) in [6.45, 7) is 0.958. The zero-order valence-corrected chi connectivity index (χ0v) is 16.7. The van der Waals surface area contributed by atoms with E-state index in [1.54, 1.807) is 23.1 Å². The lowest BCUT2D eigenvalue weighted by Gasteiger charge is -2.25. The molecule has 2 aromatic carbocycles. The third kappa shape index (κ3) is 5.54. The summed E-state index contributed by atoms with van der Waals surface area (Å²) in [6, 6.07) is 13.4. The molecule has 7 heteroatoms. The van der Waals surface area contributed by atoms with E-state index in [0.29, 0.717) is 18.7 Å². The average Bonchev–Trinajstić information content (AvgIpc) is 3.12. The molecule has 1 aliphatic heterocycles. The number of likely N-dealkylation sites (N-methyl/N-ethyl adjacent to an activating group) is 1. The maximum Gasteiger partial charge on any atom is 0.258 e. The highest BCUT2D eigenvalue weighted by Crippen LogP contribution is 2.24. The number of halogens is 1. The Morgan fingerprint density at radius 2 is 2.00 bits per heavy atom. The Balaban J connectivity index is 1.49. The molecule has 0 radical (unpaired) electrons. The van der Waals surface area contributed by atoms with Gasteiger partial charge in [-0.25, -0.2) is 4.39 Å². The minimum atomic E-state index is -0.303. The van der Waals surface area contributed by atoms with Crippen molar-refractivity contribution in [1.82, 2.24) is 10.2 Å². The Bertz CT molecular complexity index is 855. The molecule has 6 nitrogen and oxygen atoms in total. The van der Waals surface area contributed by atoms with Gasteiger partial charge in [0.1, 0.15) is 11.6 Å². The van der Waals surface area contributed by atoms with E-state index in [2.05, 4.69) is 5.32 Å². The predicted octanol–water partition coefficient (Wildman–Crippen LogP) is 2.75. The molecule has 1 atom stereocenters. The molecule has 2 aromatic rings. The van der Waals surface area contributed by atoms with Crippen molar-refractivity contribution in [1.29, 1.82) is 0 Å². The second-order valence-electron chi connectivity index (χ2n) is 7.27. The summed E-state index contributed by atoms with van der Waals surface area (Å²) in [5.41, 5.74) is 1.64. The quantitative estimate of drug-likeness (QED) is 0.742. The molecule has 1 saturated heterocycles. The van der Waals surface area contributed by atoms with Crippen molar-refractivity contribution >= 4 is 17.5 Å². The highest BCUT2D eigenvalue weighted by Gasteiger charge is 2.21. The fourth-order valence-electron chi connectivity index (χ4n) is 3.37. The number of hydrogen-bond donors (Lipinski definition) is 1. The topological polar surface area (TPSA) is 61.9 Å². The van der Waals surface area contributed by atoms with Crippen LogP contribution in [0.1, 0.15) is 24.4 Å². The van der Waals surface area contributed by atoms with Gasteiger partial charge in [0.15, 0.2) is 6.61 Å². The molecule has 2 amide bonds. The molecule has 1 aliphatic rings. The van der Waals surface area contributed by atoms with Gasteiger partial charge in [-0.3, -0.25) is 9.59 Å². The summed E-state index contributed by atoms with van der Waals surface area (Å²) in [4.78, 5) is 27.6. The summed E-state index contributed by atoms with van der Waals surface area (Å²) in [6.07, 6.45) is 1.46. The van der Waals surface area contributed by atoms with Crippen LogP contribution in [0.2, 0.25) is 0 Å². The fourth-order valence-corrected chi connectivity index (χ4v) is 3.37. The molecule has 154 valence electrons. The van der Waals surface area contributed by atoms with Crippen LogP contribution in [-0.2, 0) is 9.59 Å². The first-order valence-electron chi connectivity index (χ1n) is 9.66. The van der Waals surface area contributed by atoms with E-state index in [1.807, 2.05) is 37.2 Å². The van der Waals surface area contributed by atoms with Crippen LogP contribution >= 0.6 is 0 Å². The van der Waals surface area contributed by atoms with E-state index in [-0.39, 0.29) is 30.3 Å². The molecular weight excluding hydrogens is 373 g/mol. The Kier molecular flexibility index (Phi) is 6.82. The van der Waals surface area contributed by atoms with Crippen LogP contribution in [0.5, 0.6) is 5.75 Å². The lowest BCUT2D eigenvalue weighted by atomic mass is 10.1. The van der Waals surface area contributed by atoms with Gasteiger partial charge in [-0.2, -0.15) is 0 Å². The Morgan fingerprint density at radius 1 is 1.24 bits per heavy atom. The lowest BCUT2D eigenvalue weighted by Crippen LogP contribution is -2.36. The number of anilines is 1. The molecule has 0 bridgehead atoms. The summed E-state index contributed by atoms with van der Waals surface area (Å²) in [5, 5.41) is 2.83. The molecule has 3 rings (SSSR count). The normalized spacial score (nSPS) is 14.9. The highest BCUT2D eigenvalue weighted by atomic mass is 19.1. The number of rotatable bonds is 8. The van der Waals surface area contributed by atoms with E-state index in [9.17, 15) is 14.0 Å². The number of nitrogens with one attached hydrogen (secondary N) is 1. The van der Waals surface area contributed by atoms with Gasteiger partial charge in [-0.15, -0.1) is 0 Å². The zero-order chi connectivity index (χ0) is 20.8. The van der Waals surface area contributed by atoms with Crippen molar-refractivity contribution in [3.63, 3.8) is 0 Å². The van der Waals surface area contributed by atoms with Gasteiger partial charge in [0, 0.05) is 25.2 Å². The Hall–Kier alpha value is -2.93. The average molecular weight is 399 g/mol. The number of nitrogens with zero attached hydrogens (tertiary/aromatic N) is 2. The summed E-state index contributed by atoms with van der Waals surface area (Å²) in [5.74, 6) is 0.131. The number of benzene rings is 2. The van der Waals surface area contributed by atoms with E-state index >= 15 is 0 Å². The smallest absolute Gasteiger partial charge is 0.258 e. The van der Waals surface area contributed by atoms with Gasteiger partial charge < -0.3 is 19.9 Å². The van der Waals surface area contributed by atoms with Crippen LogP contribution < -0.4 is 15.0 Å². The molecular formula is C22H26FN3O3. The highest BCUT2D eigenvalue weighted by molar-refractivity contribution is 5.95. The van der Waals surface area contributed by atoms with Crippen LogP contribution in [0.15, 0.2) is 48.5 Å². The second-order valence-corrected chi connectivity index (χ2v) is 7.27. The molecule has 0 saturated carbocycles. The monoisotopic (exact) mass is 399 g/mol. The van der Waals surface area contributed by atoms with E-state index < -0.39 is 0 Å². The van der Waals surface area contributed by atoms with E-state index in [0.717, 1.165) is 24.2 Å². The first kappa shape index (κ1) is 20.8. The molecule has 0 aromatic heterocycles. The number of carbonyl (C=O) groups is 2. The van der Waals surface area contributed by atoms with Gasteiger partial charge in [0.2, 0.25) is 5.91 Å². The minimum absolute atomic E-state index is 0.120. The van der Waals surface area contributed by atoms with Gasteiger partial charge in [-0.1, -0.05) is 12.1 Å². The first-order chi connectivity index (χ1) is 13.9. The molecule has 1 unspecified atom stereocenters. The van der Waals surface area contributed by atoms with Crippen molar-refractivity contribution in [3.8, 4) is 5.75 Å². The number of ether oxygens (including phenoxy) is 1. The molecule has 0 spiro atoms. The Labute approximate surface area is 170 Å². The van der Waals surface area contributed by atoms with Gasteiger partial charge in [-0.05, 0) is 62.5 Å². The van der Waals surface area contributed by atoms with Crippen LogP contribution in [0.4, 0.5) is 10.1 Å². The first-order valence-corrected chi connectivity index (χ1v) is 9.66. The summed E-state index contributed by atoms with van der Waals surface area (Å²) < 4.78 is 19.0. The number of carbonyl (C=O) groups excluding carboxylic acids is 2. The molecule has 0 aliphatic carbocycles. The predicted molar refractivity (Wildman–Crippen MR) is 109 cm³/mol. The van der Waals surface area contributed by atoms with Crippen LogP contribution in [0.3, 0.4) is 0 Å². The van der Waals surface area contributed by atoms with Crippen molar-refractivity contribution in [2.75, 3.05) is 38.7 Å². The van der Waals surface area contributed by atoms with Crippen molar-refractivity contribution < 1.29 is 18.7 Å². The third-order valence-corrected chi connectivity index (χ3v) is 4.94. The molecule has 1 fully saturated rings. The van der Waals surface area contributed by atoms with Crippen LogP contribution in [0, 0.1) is 5.82 Å². The SMILES string of the molecule is CN(C)C(CNC(=O)COc1ccc(N2CCCC2=O)cc1)c1cccc(F)c1. The Morgan fingerprint density at radius 3 is 2.62 bits per heavy atom. The largest absolute Gasteiger partial charge is 0.484 e. The fraction of sp³-hybridized carbons (Fsp3) is 0.364. The van der Waals surface area contributed by atoms with E-state index in [1.165, 1.54) is 12.1 Å². The van der Waals surface area contributed by atoms with Crippen molar-refractivity contribution in [3.05, 3.63) is 59.9 Å². The minimum Gasteiger partial charge on any atom is -0.484 e. The van der Waals surface area contributed by atoms with Crippen molar-refractivity contribution in [2.24, 2.45) is 0 Å². The van der Waals surface area contributed by atoms with E-state index in [4.69, 9.17) is 4.74 Å². The zero-order valence-electron chi connectivity index (χ0n) is 16.7. The van der Waals surface area contributed by atoms with Crippen LogP contribution in [0.25, 0.3) is 0 Å². The molecule has 1 heterocycles. The van der Waals surface area contributed by atoms with Gasteiger partial charge in [0.25, 0.3) is 5.91 Å². The molecule has 1 N–H and O–H groups in total. The van der Waals surface area contributed by atoms with Gasteiger partial charge in [0.05, 0.1) is 6.04 Å². The molecule has 29 heavy (non-hydrogen) atoms. The number of amides is 2. The second kappa shape index (κ2) is 9.52. The standard InChI is InChI=1S/C22H26FN3O3/c1-25(2)20(16-5-3-6-17(23)13-16)14-24-21(27)15-29-19-10-8-18(9-11-19)26-12-4-7-22(26)28/h3,5-6,8-11,13,20H,4,7,12,14-15H2,1-2H3,(H,24,27). The summed E-state index contributed by atoms with van der Waals surface area (Å²) >= 11 is 0. The maximum atomic E-state index is 13.5. The van der Waals surface area contributed by atoms with Gasteiger partial charge >= 0.3 is 0 Å². The van der Waals surface area contributed by atoms with Crippen LogP contribution in [-0.4, -0.2) is 50.5 Å². The summed E-state index contributed by atoms with van der Waals surface area (Å²) in [7, 11) is 3.76.